The average molecular weight is 431 g/mol. The zero-order valence-electron chi connectivity index (χ0n) is 17.8. The Morgan fingerprint density at radius 1 is 1.03 bits per heavy atom. The van der Waals surface area contributed by atoms with Crippen molar-refractivity contribution in [2.75, 3.05) is 64.9 Å². The van der Waals surface area contributed by atoms with Crippen LogP contribution in [0, 0.1) is 0 Å². The first-order chi connectivity index (χ1) is 14.5. The van der Waals surface area contributed by atoms with Crippen LogP contribution in [0.5, 0.6) is 5.75 Å². The molecule has 1 aliphatic heterocycles. The third-order valence-electron chi connectivity index (χ3n) is 5.28. The first-order valence-electron chi connectivity index (χ1n) is 10.4. The number of benzene rings is 2. The van der Waals surface area contributed by atoms with Crippen molar-refractivity contribution in [1.82, 2.24) is 15.1 Å². The lowest BCUT2D eigenvalue weighted by Gasteiger charge is -2.34. The highest BCUT2D eigenvalue weighted by atomic mass is 35.5. The van der Waals surface area contributed by atoms with Gasteiger partial charge in [0.1, 0.15) is 12.4 Å². The Morgan fingerprint density at radius 2 is 1.70 bits per heavy atom. The summed E-state index contributed by atoms with van der Waals surface area (Å²) in [7, 11) is 4.03. The summed E-state index contributed by atoms with van der Waals surface area (Å²) in [6.07, 6.45) is 0. The molecule has 6 nitrogen and oxygen atoms in total. The molecule has 1 N–H and O–H groups in total. The number of carbonyl (C=O) groups excluding carboxylic acids is 1. The van der Waals surface area contributed by atoms with E-state index in [9.17, 15) is 4.79 Å². The molecule has 0 aliphatic carbocycles. The number of hydrogen-bond donors (Lipinski definition) is 1. The predicted molar refractivity (Wildman–Crippen MR) is 122 cm³/mol. The second-order valence-corrected chi connectivity index (χ2v) is 8.14. The van der Waals surface area contributed by atoms with Crippen LogP contribution in [0.15, 0.2) is 48.5 Å². The summed E-state index contributed by atoms with van der Waals surface area (Å²) < 4.78 is 5.77. The summed E-state index contributed by atoms with van der Waals surface area (Å²) >= 11 is 6.11. The molecule has 30 heavy (non-hydrogen) atoms. The number of rotatable bonds is 9. The minimum atomic E-state index is 0.0715. The molecule has 0 aromatic heterocycles. The van der Waals surface area contributed by atoms with Crippen LogP contribution < -0.4 is 15.0 Å². The Morgan fingerprint density at radius 3 is 2.37 bits per heavy atom. The lowest BCUT2D eigenvalue weighted by molar-refractivity contribution is -0.122. The van der Waals surface area contributed by atoms with Gasteiger partial charge >= 0.3 is 0 Å². The topological polar surface area (TPSA) is 48.1 Å². The fourth-order valence-corrected chi connectivity index (χ4v) is 3.58. The van der Waals surface area contributed by atoms with Crippen molar-refractivity contribution in [3.8, 4) is 5.75 Å². The second-order valence-electron chi connectivity index (χ2n) is 7.73. The number of ether oxygens (including phenoxy) is 1. The summed E-state index contributed by atoms with van der Waals surface area (Å²) in [5, 5.41) is 3.66. The van der Waals surface area contributed by atoms with E-state index in [4.69, 9.17) is 16.3 Å². The normalized spacial score (nSPS) is 15.0. The van der Waals surface area contributed by atoms with Gasteiger partial charge in [0.2, 0.25) is 5.91 Å². The van der Waals surface area contributed by atoms with Gasteiger partial charge in [-0.2, -0.15) is 0 Å². The summed E-state index contributed by atoms with van der Waals surface area (Å²) in [6.45, 7) is 6.11. The molecule has 1 aliphatic rings. The highest BCUT2D eigenvalue weighted by Crippen LogP contribution is 2.22. The van der Waals surface area contributed by atoms with Crippen LogP contribution in [0.25, 0.3) is 0 Å². The van der Waals surface area contributed by atoms with Gasteiger partial charge in [-0.25, -0.2) is 0 Å². The monoisotopic (exact) mass is 430 g/mol. The summed E-state index contributed by atoms with van der Waals surface area (Å²) in [5.74, 6) is 0.799. The molecule has 1 amide bonds. The summed E-state index contributed by atoms with van der Waals surface area (Å²) in [4.78, 5) is 18.9. The highest BCUT2D eigenvalue weighted by molar-refractivity contribution is 6.32. The van der Waals surface area contributed by atoms with Gasteiger partial charge < -0.3 is 15.0 Å². The number of carbonyl (C=O) groups is 1. The van der Waals surface area contributed by atoms with Crippen molar-refractivity contribution in [2.45, 2.75) is 6.54 Å². The molecular formula is C23H31ClN4O2. The lowest BCUT2D eigenvalue weighted by atomic mass is 10.2. The molecule has 0 saturated carbocycles. The predicted octanol–water partition coefficient (Wildman–Crippen LogP) is 2.72. The van der Waals surface area contributed by atoms with Gasteiger partial charge in [0, 0.05) is 59.1 Å². The standard InChI is InChI=1S/C23H31ClN4O2/c1-26(2)20-9-7-19(8-10-20)17-25-23(29)18-28-13-11-27(12-14-28)15-16-30-22-6-4-3-5-21(22)24/h3-10H,11-18H2,1-2H3,(H,25,29). The van der Waals surface area contributed by atoms with Crippen molar-refractivity contribution in [3.05, 3.63) is 59.1 Å². The van der Waals surface area contributed by atoms with Gasteiger partial charge in [0.05, 0.1) is 11.6 Å². The van der Waals surface area contributed by atoms with E-state index in [1.165, 1.54) is 0 Å². The maximum Gasteiger partial charge on any atom is 0.234 e. The number of piperazine rings is 1. The molecule has 7 heteroatoms. The van der Waals surface area contributed by atoms with Crippen LogP contribution in [-0.2, 0) is 11.3 Å². The third kappa shape index (κ3) is 6.90. The van der Waals surface area contributed by atoms with Crippen molar-refractivity contribution in [2.24, 2.45) is 0 Å². The molecule has 1 saturated heterocycles. The smallest absolute Gasteiger partial charge is 0.234 e. The molecule has 2 aromatic carbocycles. The van der Waals surface area contributed by atoms with Crippen molar-refractivity contribution in [1.29, 1.82) is 0 Å². The van der Waals surface area contributed by atoms with Crippen molar-refractivity contribution < 1.29 is 9.53 Å². The van der Waals surface area contributed by atoms with Crippen LogP contribution in [-0.4, -0.2) is 75.7 Å². The van der Waals surface area contributed by atoms with Crippen LogP contribution in [0.3, 0.4) is 0 Å². The highest BCUT2D eigenvalue weighted by Gasteiger charge is 2.18. The van der Waals surface area contributed by atoms with Crippen LogP contribution in [0.4, 0.5) is 5.69 Å². The van der Waals surface area contributed by atoms with Gasteiger partial charge in [0.15, 0.2) is 0 Å². The quantitative estimate of drug-likeness (QED) is 0.662. The molecule has 2 aromatic rings. The number of hydrogen-bond acceptors (Lipinski definition) is 5. The first-order valence-corrected chi connectivity index (χ1v) is 10.7. The Hall–Kier alpha value is -2.28. The minimum absolute atomic E-state index is 0.0715. The zero-order valence-corrected chi connectivity index (χ0v) is 18.6. The van der Waals surface area contributed by atoms with E-state index in [1.54, 1.807) is 0 Å². The maximum absolute atomic E-state index is 12.3. The molecule has 0 atom stereocenters. The number of nitrogens with one attached hydrogen (secondary N) is 1. The van der Waals surface area contributed by atoms with E-state index in [0.29, 0.717) is 24.7 Å². The van der Waals surface area contributed by atoms with E-state index in [0.717, 1.165) is 49.7 Å². The van der Waals surface area contributed by atoms with Gasteiger partial charge in [-0.1, -0.05) is 35.9 Å². The van der Waals surface area contributed by atoms with Crippen LogP contribution in [0.2, 0.25) is 5.02 Å². The Kier molecular flexibility index (Phi) is 8.37. The molecule has 0 bridgehead atoms. The molecule has 1 fully saturated rings. The number of amides is 1. The van der Waals surface area contributed by atoms with Crippen LogP contribution in [0.1, 0.15) is 5.56 Å². The first kappa shape index (κ1) is 22.4. The van der Waals surface area contributed by atoms with Gasteiger partial charge in [-0.05, 0) is 29.8 Å². The second kappa shape index (κ2) is 11.2. The molecule has 1 heterocycles. The van der Waals surface area contributed by atoms with Crippen LogP contribution >= 0.6 is 11.6 Å². The SMILES string of the molecule is CN(C)c1ccc(CNC(=O)CN2CCN(CCOc3ccccc3Cl)CC2)cc1. The number of para-hydroxylation sites is 1. The molecule has 3 rings (SSSR count). The van der Waals surface area contributed by atoms with E-state index in [2.05, 4.69) is 44.3 Å². The summed E-state index contributed by atoms with van der Waals surface area (Å²) in [6, 6.07) is 15.8. The molecule has 0 radical (unpaired) electrons. The van der Waals surface area contributed by atoms with Gasteiger partial charge in [0.25, 0.3) is 0 Å². The largest absolute Gasteiger partial charge is 0.491 e. The lowest BCUT2D eigenvalue weighted by Crippen LogP contribution is -2.50. The van der Waals surface area contributed by atoms with Gasteiger partial charge in [-0.15, -0.1) is 0 Å². The fraction of sp³-hybridized carbons (Fsp3) is 0.435. The number of halogens is 1. The van der Waals surface area contributed by atoms with E-state index in [1.807, 2.05) is 38.4 Å². The summed E-state index contributed by atoms with van der Waals surface area (Å²) in [5.41, 5.74) is 2.26. The Bertz CT molecular complexity index is 805. The van der Waals surface area contributed by atoms with Crippen molar-refractivity contribution >= 4 is 23.2 Å². The number of nitrogens with zero attached hydrogens (tertiary/aromatic N) is 3. The van der Waals surface area contributed by atoms with E-state index in [-0.39, 0.29) is 5.91 Å². The fourth-order valence-electron chi connectivity index (χ4n) is 3.39. The van der Waals surface area contributed by atoms with E-state index < -0.39 is 0 Å². The minimum Gasteiger partial charge on any atom is -0.491 e. The Labute approximate surface area is 184 Å². The number of anilines is 1. The van der Waals surface area contributed by atoms with Crippen molar-refractivity contribution in [3.63, 3.8) is 0 Å². The molecular weight excluding hydrogens is 400 g/mol. The zero-order chi connectivity index (χ0) is 21.3. The maximum atomic E-state index is 12.3. The van der Waals surface area contributed by atoms with E-state index >= 15 is 0 Å². The average Bonchev–Trinajstić information content (AvgIpc) is 2.75. The third-order valence-corrected chi connectivity index (χ3v) is 5.59. The molecule has 162 valence electrons. The van der Waals surface area contributed by atoms with Gasteiger partial charge in [-0.3, -0.25) is 14.6 Å². The molecule has 0 unspecified atom stereocenters. The Balaban J connectivity index is 1.31. The molecule has 0 spiro atoms.